The topological polar surface area (TPSA) is 78.4 Å². The fourth-order valence-electron chi connectivity index (χ4n) is 2.64. The van der Waals surface area contributed by atoms with Crippen molar-refractivity contribution in [2.75, 3.05) is 26.2 Å². The Balaban J connectivity index is 1.58. The van der Waals surface area contributed by atoms with Crippen molar-refractivity contribution >= 4 is 34.9 Å². The molecule has 1 N–H and O–H groups in total. The van der Waals surface area contributed by atoms with E-state index in [0.717, 1.165) is 30.7 Å². The van der Waals surface area contributed by atoms with Gasteiger partial charge in [-0.15, -0.1) is 10.2 Å². The molecule has 20 heavy (non-hydrogen) atoms. The number of piperidine rings is 1. The maximum Gasteiger partial charge on any atom is 0.317 e. The second-order valence-corrected chi connectivity index (χ2v) is 6.37. The van der Waals surface area contributed by atoms with Gasteiger partial charge in [0.2, 0.25) is 9.47 Å². The fourth-order valence-corrected chi connectivity index (χ4v) is 3.44. The summed E-state index contributed by atoms with van der Waals surface area (Å²) in [6.45, 7) is 2.72. The average molecular weight is 316 g/mol. The van der Waals surface area contributed by atoms with Crippen molar-refractivity contribution in [3.05, 3.63) is 9.47 Å². The third-order valence-electron chi connectivity index (χ3n) is 3.67. The van der Waals surface area contributed by atoms with Gasteiger partial charge in [-0.05, 0) is 24.4 Å². The van der Waals surface area contributed by atoms with Gasteiger partial charge in [-0.3, -0.25) is 4.79 Å². The Morgan fingerprint density at radius 2 is 2.05 bits per heavy atom. The minimum Gasteiger partial charge on any atom is -0.336 e. The minimum atomic E-state index is -0.126. The summed E-state index contributed by atoms with van der Waals surface area (Å²) in [5, 5.41) is 10.5. The quantitative estimate of drug-likeness (QED) is 0.876. The Hall–Kier alpha value is -1.41. The van der Waals surface area contributed by atoms with Crippen LogP contribution in [0.1, 0.15) is 22.6 Å². The van der Waals surface area contributed by atoms with Crippen molar-refractivity contribution in [2.45, 2.75) is 18.9 Å². The number of hydrogen-bond donors (Lipinski definition) is 1. The van der Waals surface area contributed by atoms with Gasteiger partial charge in [0.15, 0.2) is 0 Å². The molecule has 0 bridgehead atoms. The van der Waals surface area contributed by atoms with Crippen LogP contribution in [0.15, 0.2) is 0 Å². The van der Waals surface area contributed by atoms with Crippen molar-refractivity contribution < 1.29 is 9.59 Å². The van der Waals surface area contributed by atoms with Crippen molar-refractivity contribution in [3.63, 3.8) is 0 Å². The number of urea groups is 1. The first kappa shape index (κ1) is 13.6. The highest BCUT2D eigenvalue weighted by Gasteiger charge is 2.32. The molecule has 0 unspecified atom stereocenters. The molecule has 2 fully saturated rings. The average Bonchev–Trinajstić information content (AvgIpc) is 3.07. The molecular formula is C11H14ClN5O2S. The first-order chi connectivity index (χ1) is 9.65. The number of likely N-dealkylation sites (tertiary alicyclic amines) is 1. The normalized spacial score (nSPS) is 20.4. The van der Waals surface area contributed by atoms with Crippen LogP contribution in [0, 0.1) is 0 Å². The van der Waals surface area contributed by atoms with Gasteiger partial charge in [-0.25, -0.2) is 4.79 Å². The number of rotatable bonds is 2. The van der Waals surface area contributed by atoms with E-state index in [1.807, 2.05) is 4.90 Å². The van der Waals surface area contributed by atoms with Gasteiger partial charge in [-0.1, -0.05) is 11.3 Å². The summed E-state index contributed by atoms with van der Waals surface area (Å²) in [5.74, 6) is -0.126. The van der Waals surface area contributed by atoms with Crippen molar-refractivity contribution in [1.29, 1.82) is 0 Å². The van der Waals surface area contributed by atoms with Crippen molar-refractivity contribution in [1.82, 2.24) is 25.3 Å². The minimum absolute atomic E-state index is 0.00526. The molecule has 3 heterocycles. The number of nitrogens with one attached hydrogen (secondary N) is 1. The van der Waals surface area contributed by atoms with Gasteiger partial charge in [0.1, 0.15) is 0 Å². The summed E-state index contributed by atoms with van der Waals surface area (Å²) in [5.41, 5.74) is 0. The summed E-state index contributed by atoms with van der Waals surface area (Å²) in [6, 6.07) is 0.227. The number of halogens is 1. The lowest BCUT2D eigenvalue weighted by Gasteiger charge is -2.35. The molecule has 0 radical (unpaired) electrons. The molecule has 9 heteroatoms. The number of carbonyl (C=O) groups is 2. The number of nitrogens with zero attached hydrogens (tertiary/aromatic N) is 4. The number of amides is 3. The lowest BCUT2D eigenvalue weighted by molar-refractivity contribution is 0.0665. The summed E-state index contributed by atoms with van der Waals surface area (Å²) in [4.78, 5) is 27.4. The zero-order valence-electron chi connectivity index (χ0n) is 10.7. The first-order valence-electron chi connectivity index (χ1n) is 6.48. The third-order valence-corrected chi connectivity index (χ3v) is 4.67. The molecular weight excluding hydrogens is 302 g/mol. The van der Waals surface area contributed by atoms with E-state index in [4.69, 9.17) is 11.6 Å². The largest absolute Gasteiger partial charge is 0.336 e. The molecule has 2 saturated heterocycles. The summed E-state index contributed by atoms with van der Waals surface area (Å²) < 4.78 is 0.275. The molecule has 0 saturated carbocycles. The van der Waals surface area contributed by atoms with E-state index in [1.54, 1.807) is 4.90 Å². The molecule has 0 aliphatic carbocycles. The van der Waals surface area contributed by atoms with Gasteiger partial charge in [0.25, 0.3) is 5.91 Å². The Bertz CT molecular complexity index is 529. The summed E-state index contributed by atoms with van der Waals surface area (Å²) in [7, 11) is 0. The molecule has 108 valence electrons. The van der Waals surface area contributed by atoms with Crippen molar-refractivity contribution in [3.8, 4) is 0 Å². The van der Waals surface area contributed by atoms with E-state index in [-0.39, 0.29) is 22.4 Å². The predicted octanol–water partition coefficient (Wildman–Crippen LogP) is 0.821. The molecule has 0 spiro atoms. The second kappa shape index (κ2) is 5.53. The number of aromatic nitrogens is 2. The molecule has 7 nitrogen and oxygen atoms in total. The molecule has 3 amide bonds. The monoisotopic (exact) mass is 315 g/mol. The van der Waals surface area contributed by atoms with Crippen LogP contribution in [-0.4, -0.2) is 64.2 Å². The Morgan fingerprint density at radius 3 is 2.60 bits per heavy atom. The number of carbonyl (C=O) groups excluding carboxylic acids is 2. The number of hydrogen-bond acceptors (Lipinski definition) is 5. The molecule has 3 rings (SSSR count). The zero-order chi connectivity index (χ0) is 14.1. The summed E-state index contributed by atoms with van der Waals surface area (Å²) >= 11 is 6.79. The SMILES string of the molecule is O=C(c1nnc(Cl)s1)N1CCC(N2CCNC2=O)CC1. The molecule has 2 aliphatic rings. The fraction of sp³-hybridized carbons (Fsp3) is 0.636. The zero-order valence-corrected chi connectivity index (χ0v) is 12.3. The molecule has 0 aromatic carbocycles. The maximum atomic E-state index is 12.2. The van der Waals surface area contributed by atoms with Gasteiger partial charge >= 0.3 is 6.03 Å². The third kappa shape index (κ3) is 2.57. The summed E-state index contributed by atoms with van der Waals surface area (Å²) in [6.07, 6.45) is 1.59. The first-order valence-corrected chi connectivity index (χ1v) is 7.67. The van der Waals surface area contributed by atoms with Crippen LogP contribution in [0.5, 0.6) is 0 Å². The van der Waals surface area contributed by atoms with Crippen molar-refractivity contribution in [2.24, 2.45) is 0 Å². The van der Waals surface area contributed by atoms with Crippen LogP contribution in [0.25, 0.3) is 0 Å². The van der Waals surface area contributed by atoms with Gasteiger partial charge < -0.3 is 15.1 Å². The van der Waals surface area contributed by atoms with Crippen LogP contribution in [0.3, 0.4) is 0 Å². The molecule has 0 atom stereocenters. The Kier molecular flexibility index (Phi) is 3.75. The molecule has 2 aliphatic heterocycles. The predicted molar refractivity (Wildman–Crippen MR) is 73.9 cm³/mol. The molecule has 1 aromatic heterocycles. The highest BCUT2D eigenvalue weighted by atomic mass is 35.5. The maximum absolute atomic E-state index is 12.2. The van der Waals surface area contributed by atoms with E-state index in [9.17, 15) is 9.59 Å². The standard InChI is InChI=1S/C11H14ClN5O2S/c12-10-15-14-8(20-10)9(18)16-4-1-7(2-5-16)17-6-3-13-11(17)19/h7H,1-6H2,(H,13,19). The van der Waals surface area contributed by atoms with Gasteiger partial charge in [0.05, 0.1) is 0 Å². The van der Waals surface area contributed by atoms with E-state index in [0.29, 0.717) is 24.6 Å². The highest BCUT2D eigenvalue weighted by Crippen LogP contribution is 2.22. The van der Waals surface area contributed by atoms with Gasteiger partial charge in [-0.2, -0.15) is 0 Å². The Labute approximate surface area is 124 Å². The van der Waals surface area contributed by atoms with E-state index in [2.05, 4.69) is 15.5 Å². The van der Waals surface area contributed by atoms with Crippen LogP contribution < -0.4 is 5.32 Å². The van der Waals surface area contributed by atoms with Crippen LogP contribution in [0.2, 0.25) is 4.47 Å². The van der Waals surface area contributed by atoms with Crippen LogP contribution in [-0.2, 0) is 0 Å². The van der Waals surface area contributed by atoms with E-state index in [1.165, 1.54) is 0 Å². The Morgan fingerprint density at radius 1 is 1.30 bits per heavy atom. The smallest absolute Gasteiger partial charge is 0.317 e. The van der Waals surface area contributed by atoms with Gasteiger partial charge in [0, 0.05) is 32.2 Å². The van der Waals surface area contributed by atoms with Crippen LogP contribution >= 0.6 is 22.9 Å². The van der Waals surface area contributed by atoms with Crippen LogP contribution in [0.4, 0.5) is 4.79 Å². The lowest BCUT2D eigenvalue weighted by Crippen LogP contribution is -2.47. The van der Waals surface area contributed by atoms with E-state index >= 15 is 0 Å². The van der Waals surface area contributed by atoms with E-state index < -0.39 is 0 Å². The lowest BCUT2D eigenvalue weighted by atomic mass is 10.0. The second-order valence-electron chi connectivity index (χ2n) is 4.81. The highest BCUT2D eigenvalue weighted by molar-refractivity contribution is 7.17. The molecule has 1 aromatic rings.